The van der Waals surface area contributed by atoms with Gasteiger partial charge in [0.25, 0.3) is 0 Å². The molecule has 1 N–H and O–H groups in total. The lowest BCUT2D eigenvalue weighted by molar-refractivity contribution is -0.138. The van der Waals surface area contributed by atoms with Crippen LogP contribution in [0.25, 0.3) is 0 Å². The van der Waals surface area contributed by atoms with Gasteiger partial charge in [0.2, 0.25) is 0 Å². The van der Waals surface area contributed by atoms with Crippen molar-refractivity contribution in [3.63, 3.8) is 0 Å². The normalized spacial score (nSPS) is 9.38. The van der Waals surface area contributed by atoms with Crippen LogP contribution in [0.4, 0.5) is 10.1 Å². The second-order valence-electron chi connectivity index (χ2n) is 2.44. The van der Waals surface area contributed by atoms with Crippen LogP contribution in [0.2, 0.25) is 0 Å². The Morgan fingerprint density at radius 3 is 2.62 bits per heavy atom. The highest BCUT2D eigenvalue weighted by Crippen LogP contribution is 2.07. The van der Waals surface area contributed by atoms with Crippen LogP contribution in [-0.4, -0.2) is 19.6 Å². The minimum absolute atomic E-state index is 0.0854. The predicted octanol–water partition coefficient (Wildman–Crippen LogP) is 1.41. The largest absolute Gasteiger partial charge is 0.468 e. The zero-order valence-corrected chi connectivity index (χ0v) is 7.21. The van der Waals surface area contributed by atoms with E-state index in [-0.39, 0.29) is 18.3 Å². The van der Waals surface area contributed by atoms with Crippen LogP contribution in [0, 0.1) is 5.82 Å². The van der Waals surface area contributed by atoms with Crippen LogP contribution >= 0.6 is 0 Å². The lowest BCUT2D eigenvalue weighted by atomic mass is 10.3. The third-order valence-corrected chi connectivity index (χ3v) is 1.51. The molecule has 0 saturated heterocycles. The van der Waals surface area contributed by atoms with Gasteiger partial charge in [0.05, 0.1) is 7.11 Å². The average molecular weight is 183 g/mol. The summed E-state index contributed by atoms with van der Waals surface area (Å²) in [5.41, 5.74) is 0.687. The summed E-state index contributed by atoms with van der Waals surface area (Å²) >= 11 is 0. The summed E-state index contributed by atoms with van der Waals surface area (Å²) < 4.78 is 16.9. The van der Waals surface area contributed by atoms with Crippen molar-refractivity contribution in [1.29, 1.82) is 0 Å². The lowest BCUT2D eigenvalue weighted by Gasteiger charge is -2.03. The van der Waals surface area contributed by atoms with Gasteiger partial charge in [-0.1, -0.05) is 0 Å². The van der Waals surface area contributed by atoms with Gasteiger partial charge in [0.1, 0.15) is 12.4 Å². The monoisotopic (exact) mass is 183 g/mol. The predicted molar refractivity (Wildman–Crippen MR) is 46.9 cm³/mol. The van der Waals surface area contributed by atoms with Crippen LogP contribution in [0.1, 0.15) is 0 Å². The van der Waals surface area contributed by atoms with Crippen LogP contribution in [0.3, 0.4) is 0 Å². The minimum Gasteiger partial charge on any atom is -0.468 e. The molecular formula is C9H10FNO2. The Labute approximate surface area is 75.5 Å². The van der Waals surface area contributed by atoms with E-state index in [1.807, 2.05) is 0 Å². The van der Waals surface area contributed by atoms with E-state index in [0.717, 1.165) is 0 Å². The Morgan fingerprint density at radius 1 is 1.46 bits per heavy atom. The molecule has 0 radical (unpaired) electrons. The fraction of sp³-hybridized carbons (Fsp3) is 0.222. The summed E-state index contributed by atoms with van der Waals surface area (Å²) in [7, 11) is 1.31. The molecule has 3 nitrogen and oxygen atoms in total. The number of carbonyl (C=O) groups excluding carboxylic acids is 1. The van der Waals surface area contributed by atoms with Crippen molar-refractivity contribution in [3.05, 3.63) is 30.1 Å². The number of benzene rings is 1. The first-order valence-electron chi connectivity index (χ1n) is 3.78. The number of esters is 1. The fourth-order valence-corrected chi connectivity index (χ4v) is 0.814. The lowest BCUT2D eigenvalue weighted by Crippen LogP contribution is -2.14. The number of halogens is 1. The summed E-state index contributed by atoms with van der Waals surface area (Å²) in [4.78, 5) is 10.7. The summed E-state index contributed by atoms with van der Waals surface area (Å²) in [5.74, 6) is -0.659. The van der Waals surface area contributed by atoms with Gasteiger partial charge in [-0.05, 0) is 24.3 Å². The summed E-state index contributed by atoms with van der Waals surface area (Å²) in [5, 5.41) is 2.78. The standard InChI is InChI=1S/C9H10FNO2/c1-13-9(12)6-11-8-4-2-7(10)3-5-8/h2-5,11H,6H2,1H3. The quantitative estimate of drug-likeness (QED) is 0.720. The molecule has 70 valence electrons. The number of nitrogens with one attached hydrogen (secondary N) is 1. The average Bonchev–Trinajstić information content (AvgIpc) is 2.16. The van der Waals surface area contributed by atoms with Gasteiger partial charge in [-0.3, -0.25) is 4.79 Å². The molecule has 1 rings (SSSR count). The summed E-state index contributed by atoms with van der Waals surface area (Å²) in [6.07, 6.45) is 0. The van der Waals surface area contributed by atoms with E-state index >= 15 is 0 Å². The first-order valence-corrected chi connectivity index (χ1v) is 3.78. The van der Waals surface area contributed by atoms with Crippen LogP contribution < -0.4 is 5.32 Å². The third kappa shape index (κ3) is 3.11. The van der Waals surface area contributed by atoms with Gasteiger partial charge in [0, 0.05) is 5.69 Å². The number of hydrogen-bond acceptors (Lipinski definition) is 3. The van der Waals surface area contributed by atoms with E-state index in [1.54, 1.807) is 12.1 Å². The Hall–Kier alpha value is -1.58. The van der Waals surface area contributed by atoms with Crippen molar-refractivity contribution in [2.24, 2.45) is 0 Å². The maximum atomic E-state index is 12.4. The van der Waals surface area contributed by atoms with Crippen molar-refractivity contribution in [2.75, 3.05) is 19.0 Å². The van der Waals surface area contributed by atoms with Gasteiger partial charge in [0.15, 0.2) is 0 Å². The maximum absolute atomic E-state index is 12.4. The first-order chi connectivity index (χ1) is 6.22. The van der Waals surface area contributed by atoms with Gasteiger partial charge in [-0.2, -0.15) is 0 Å². The van der Waals surface area contributed by atoms with Crippen molar-refractivity contribution >= 4 is 11.7 Å². The minimum atomic E-state index is -0.357. The molecule has 0 aliphatic heterocycles. The molecule has 1 aromatic rings. The number of carbonyl (C=O) groups is 1. The Bertz CT molecular complexity index is 284. The van der Waals surface area contributed by atoms with E-state index in [0.29, 0.717) is 5.69 Å². The molecule has 0 bridgehead atoms. The van der Waals surface area contributed by atoms with Gasteiger partial charge < -0.3 is 10.1 Å². The smallest absolute Gasteiger partial charge is 0.325 e. The molecule has 1 aromatic carbocycles. The Kier molecular flexibility index (Phi) is 3.25. The summed E-state index contributed by atoms with van der Waals surface area (Å²) in [6, 6.07) is 5.75. The van der Waals surface area contributed by atoms with E-state index in [4.69, 9.17) is 0 Å². The van der Waals surface area contributed by atoms with Crippen molar-refractivity contribution in [2.45, 2.75) is 0 Å². The zero-order chi connectivity index (χ0) is 9.68. The van der Waals surface area contributed by atoms with Crippen molar-refractivity contribution in [1.82, 2.24) is 0 Å². The van der Waals surface area contributed by atoms with Crippen molar-refractivity contribution in [3.8, 4) is 0 Å². The van der Waals surface area contributed by atoms with Gasteiger partial charge in [-0.25, -0.2) is 4.39 Å². The van der Waals surface area contributed by atoms with E-state index in [2.05, 4.69) is 10.1 Å². The fourth-order valence-electron chi connectivity index (χ4n) is 0.814. The molecule has 0 aliphatic carbocycles. The molecule has 4 heteroatoms. The van der Waals surface area contributed by atoms with E-state index in [9.17, 15) is 9.18 Å². The molecular weight excluding hydrogens is 173 g/mol. The number of anilines is 1. The van der Waals surface area contributed by atoms with Crippen LogP contribution in [0.15, 0.2) is 24.3 Å². The molecule has 0 heterocycles. The molecule has 0 amide bonds. The maximum Gasteiger partial charge on any atom is 0.325 e. The molecule has 0 aliphatic rings. The zero-order valence-electron chi connectivity index (χ0n) is 7.21. The van der Waals surface area contributed by atoms with Gasteiger partial charge >= 0.3 is 5.97 Å². The topological polar surface area (TPSA) is 38.3 Å². The Balaban J connectivity index is 2.46. The highest BCUT2D eigenvalue weighted by molar-refractivity contribution is 5.74. The van der Waals surface area contributed by atoms with Gasteiger partial charge in [-0.15, -0.1) is 0 Å². The summed E-state index contributed by atoms with van der Waals surface area (Å²) in [6.45, 7) is 0.0854. The van der Waals surface area contributed by atoms with E-state index < -0.39 is 0 Å². The molecule has 0 aromatic heterocycles. The van der Waals surface area contributed by atoms with Crippen LogP contribution in [0.5, 0.6) is 0 Å². The third-order valence-electron chi connectivity index (χ3n) is 1.51. The number of hydrogen-bond donors (Lipinski definition) is 1. The SMILES string of the molecule is COC(=O)CNc1ccc(F)cc1. The number of methoxy groups -OCH3 is 1. The molecule has 0 spiro atoms. The second-order valence-corrected chi connectivity index (χ2v) is 2.44. The number of rotatable bonds is 3. The number of ether oxygens (including phenoxy) is 1. The highest BCUT2D eigenvalue weighted by atomic mass is 19.1. The van der Waals surface area contributed by atoms with E-state index in [1.165, 1.54) is 19.2 Å². The second kappa shape index (κ2) is 4.45. The molecule has 0 unspecified atom stereocenters. The Morgan fingerprint density at radius 2 is 2.08 bits per heavy atom. The molecule has 0 atom stereocenters. The molecule has 13 heavy (non-hydrogen) atoms. The van der Waals surface area contributed by atoms with Crippen molar-refractivity contribution < 1.29 is 13.9 Å². The van der Waals surface area contributed by atoms with Crippen LogP contribution in [-0.2, 0) is 9.53 Å². The molecule has 0 fully saturated rings. The first kappa shape index (κ1) is 9.51. The highest BCUT2D eigenvalue weighted by Gasteiger charge is 1.98. The molecule has 0 saturated carbocycles.